The highest BCUT2D eigenvalue weighted by Crippen LogP contribution is 2.29. The van der Waals surface area contributed by atoms with Crippen molar-refractivity contribution in [3.8, 4) is 5.75 Å². The average Bonchev–Trinajstić information content (AvgIpc) is 2.94. The molecule has 1 atom stereocenters. The maximum absolute atomic E-state index is 5.57. The van der Waals surface area contributed by atoms with Crippen LogP contribution in [-0.4, -0.2) is 18.6 Å². The Morgan fingerprint density at radius 1 is 1.35 bits per heavy atom. The highest BCUT2D eigenvalue weighted by Gasteiger charge is 2.17. The molecule has 0 amide bonds. The van der Waals surface area contributed by atoms with E-state index < -0.39 is 0 Å². The molecule has 0 aliphatic carbocycles. The molecule has 0 spiro atoms. The maximum Gasteiger partial charge on any atom is 0.122 e. The highest BCUT2D eigenvalue weighted by molar-refractivity contribution is 5.41. The van der Waals surface area contributed by atoms with Gasteiger partial charge in [0.05, 0.1) is 6.61 Å². The van der Waals surface area contributed by atoms with E-state index in [0.717, 1.165) is 30.9 Å². The van der Waals surface area contributed by atoms with E-state index in [4.69, 9.17) is 4.74 Å². The van der Waals surface area contributed by atoms with Crippen LogP contribution in [-0.2, 0) is 12.8 Å². The Hall–Kier alpha value is -1.87. The number of likely N-dealkylation sites (N-methyl/N-ethyl adjacent to an activating group) is 1. The summed E-state index contributed by atoms with van der Waals surface area (Å²) in [5.74, 6) is 1.04. The standard InChI is InChI=1S/C17H20N2O/c1-12-4-3-8-19-15(12)11-16(18-2)13-5-6-17-14(10-13)7-9-20-17/h3-6,8,10,16,18H,7,9,11H2,1-2H3. The van der Waals surface area contributed by atoms with Gasteiger partial charge in [-0.1, -0.05) is 18.2 Å². The van der Waals surface area contributed by atoms with Crippen LogP contribution in [0.1, 0.15) is 28.4 Å². The molecule has 104 valence electrons. The Labute approximate surface area is 120 Å². The topological polar surface area (TPSA) is 34.2 Å². The molecule has 1 unspecified atom stereocenters. The zero-order chi connectivity index (χ0) is 13.9. The van der Waals surface area contributed by atoms with Crippen LogP contribution in [0.4, 0.5) is 0 Å². The number of fused-ring (bicyclic) bond motifs is 1. The monoisotopic (exact) mass is 268 g/mol. The molecule has 3 heteroatoms. The van der Waals surface area contributed by atoms with E-state index >= 15 is 0 Å². The second-order valence-corrected chi connectivity index (χ2v) is 5.28. The molecular formula is C17H20N2O. The van der Waals surface area contributed by atoms with Crippen molar-refractivity contribution in [2.75, 3.05) is 13.7 Å². The van der Waals surface area contributed by atoms with Crippen LogP contribution < -0.4 is 10.1 Å². The van der Waals surface area contributed by atoms with E-state index in [1.807, 2.05) is 19.3 Å². The van der Waals surface area contributed by atoms with E-state index in [1.165, 1.54) is 16.7 Å². The fraction of sp³-hybridized carbons (Fsp3) is 0.353. The van der Waals surface area contributed by atoms with Gasteiger partial charge in [0.2, 0.25) is 0 Å². The van der Waals surface area contributed by atoms with E-state index in [9.17, 15) is 0 Å². The number of hydrogen-bond donors (Lipinski definition) is 1. The van der Waals surface area contributed by atoms with Crippen molar-refractivity contribution in [2.45, 2.75) is 25.8 Å². The summed E-state index contributed by atoms with van der Waals surface area (Å²) in [6.45, 7) is 2.92. The lowest BCUT2D eigenvalue weighted by molar-refractivity contribution is 0.356. The third-order valence-electron chi connectivity index (χ3n) is 3.98. The Balaban J connectivity index is 1.85. The van der Waals surface area contributed by atoms with E-state index in [1.54, 1.807) is 0 Å². The summed E-state index contributed by atoms with van der Waals surface area (Å²) in [4.78, 5) is 4.50. The summed E-state index contributed by atoms with van der Waals surface area (Å²) in [6, 6.07) is 10.9. The Morgan fingerprint density at radius 3 is 3.05 bits per heavy atom. The first-order chi connectivity index (χ1) is 9.78. The minimum absolute atomic E-state index is 0.287. The molecule has 0 saturated heterocycles. The molecule has 0 bridgehead atoms. The summed E-state index contributed by atoms with van der Waals surface area (Å²) in [5.41, 5.74) is 5.03. The van der Waals surface area contributed by atoms with Crippen LogP contribution >= 0.6 is 0 Å². The predicted molar refractivity (Wildman–Crippen MR) is 80.1 cm³/mol. The third-order valence-corrected chi connectivity index (χ3v) is 3.98. The second-order valence-electron chi connectivity index (χ2n) is 5.28. The SMILES string of the molecule is CNC(Cc1ncccc1C)c1ccc2c(c1)CCO2. The fourth-order valence-electron chi connectivity index (χ4n) is 2.74. The number of aryl methyl sites for hydroxylation is 1. The van der Waals surface area contributed by atoms with E-state index in [0.29, 0.717) is 0 Å². The lowest BCUT2D eigenvalue weighted by Gasteiger charge is -2.18. The van der Waals surface area contributed by atoms with Crippen molar-refractivity contribution in [3.05, 3.63) is 58.9 Å². The highest BCUT2D eigenvalue weighted by atomic mass is 16.5. The van der Waals surface area contributed by atoms with Crippen LogP contribution in [0.25, 0.3) is 0 Å². The molecule has 1 aromatic carbocycles. The minimum atomic E-state index is 0.287. The van der Waals surface area contributed by atoms with Crippen molar-refractivity contribution in [3.63, 3.8) is 0 Å². The molecule has 0 saturated carbocycles. The van der Waals surface area contributed by atoms with Gasteiger partial charge < -0.3 is 10.1 Å². The first-order valence-corrected chi connectivity index (χ1v) is 7.11. The first kappa shape index (κ1) is 13.1. The summed E-state index contributed by atoms with van der Waals surface area (Å²) in [5, 5.41) is 3.40. The molecule has 2 aromatic rings. The van der Waals surface area contributed by atoms with Gasteiger partial charge in [-0.15, -0.1) is 0 Å². The number of hydrogen-bond acceptors (Lipinski definition) is 3. The molecule has 1 N–H and O–H groups in total. The van der Waals surface area contributed by atoms with Gasteiger partial charge in [0, 0.05) is 30.8 Å². The van der Waals surface area contributed by atoms with Crippen LogP contribution in [0.3, 0.4) is 0 Å². The Morgan fingerprint density at radius 2 is 2.25 bits per heavy atom. The van der Waals surface area contributed by atoms with Gasteiger partial charge in [-0.05, 0) is 42.8 Å². The van der Waals surface area contributed by atoms with Gasteiger partial charge in [-0.3, -0.25) is 4.98 Å². The molecule has 0 fully saturated rings. The largest absolute Gasteiger partial charge is 0.493 e. The minimum Gasteiger partial charge on any atom is -0.493 e. The smallest absolute Gasteiger partial charge is 0.122 e. The zero-order valence-corrected chi connectivity index (χ0v) is 12.0. The summed E-state index contributed by atoms with van der Waals surface area (Å²) >= 11 is 0. The van der Waals surface area contributed by atoms with Crippen LogP contribution in [0.2, 0.25) is 0 Å². The molecule has 1 aliphatic rings. The van der Waals surface area contributed by atoms with Crippen LogP contribution in [0, 0.1) is 6.92 Å². The van der Waals surface area contributed by atoms with E-state index in [2.05, 4.69) is 41.5 Å². The molecule has 1 aromatic heterocycles. The molecule has 3 nitrogen and oxygen atoms in total. The third kappa shape index (κ3) is 2.54. The molecule has 20 heavy (non-hydrogen) atoms. The van der Waals surface area contributed by atoms with Crippen molar-refractivity contribution >= 4 is 0 Å². The van der Waals surface area contributed by atoms with E-state index in [-0.39, 0.29) is 6.04 Å². The van der Waals surface area contributed by atoms with Gasteiger partial charge in [-0.25, -0.2) is 0 Å². The molecule has 2 heterocycles. The number of rotatable bonds is 4. The second kappa shape index (κ2) is 5.63. The van der Waals surface area contributed by atoms with Gasteiger partial charge in [0.1, 0.15) is 5.75 Å². The number of nitrogens with one attached hydrogen (secondary N) is 1. The van der Waals surface area contributed by atoms with Crippen molar-refractivity contribution in [1.29, 1.82) is 0 Å². The first-order valence-electron chi connectivity index (χ1n) is 7.11. The van der Waals surface area contributed by atoms with Crippen LogP contribution in [0.5, 0.6) is 5.75 Å². The fourth-order valence-corrected chi connectivity index (χ4v) is 2.74. The Bertz CT molecular complexity index is 610. The van der Waals surface area contributed by atoms with Crippen molar-refractivity contribution in [1.82, 2.24) is 10.3 Å². The maximum atomic E-state index is 5.57. The number of benzene rings is 1. The van der Waals surface area contributed by atoms with Gasteiger partial charge in [0.25, 0.3) is 0 Å². The van der Waals surface area contributed by atoms with Crippen LogP contribution in [0.15, 0.2) is 36.5 Å². The number of pyridine rings is 1. The molecule has 1 aliphatic heterocycles. The summed E-state index contributed by atoms with van der Waals surface area (Å²) in [7, 11) is 2.01. The lowest BCUT2D eigenvalue weighted by atomic mass is 9.97. The summed E-state index contributed by atoms with van der Waals surface area (Å²) in [6.07, 6.45) is 3.79. The normalized spacial score (nSPS) is 14.7. The quantitative estimate of drug-likeness (QED) is 0.926. The molecule has 3 rings (SSSR count). The Kier molecular flexibility index (Phi) is 3.70. The zero-order valence-electron chi connectivity index (χ0n) is 12.0. The predicted octanol–water partition coefficient (Wildman–Crippen LogP) is 2.83. The summed E-state index contributed by atoms with van der Waals surface area (Å²) < 4.78 is 5.57. The number of nitrogens with zero attached hydrogens (tertiary/aromatic N) is 1. The molecule has 0 radical (unpaired) electrons. The number of ether oxygens (including phenoxy) is 1. The van der Waals surface area contributed by atoms with Gasteiger partial charge in [-0.2, -0.15) is 0 Å². The van der Waals surface area contributed by atoms with Gasteiger partial charge in [0.15, 0.2) is 0 Å². The average molecular weight is 268 g/mol. The lowest BCUT2D eigenvalue weighted by Crippen LogP contribution is -2.20. The van der Waals surface area contributed by atoms with Crippen molar-refractivity contribution < 1.29 is 4.74 Å². The molecular weight excluding hydrogens is 248 g/mol. The van der Waals surface area contributed by atoms with Crippen molar-refractivity contribution in [2.24, 2.45) is 0 Å². The number of aromatic nitrogens is 1. The van der Waals surface area contributed by atoms with Gasteiger partial charge >= 0.3 is 0 Å².